The van der Waals surface area contributed by atoms with Crippen LogP contribution < -0.4 is 10.6 Å². The maximum atomic E-state index is 10.7. The molecule has 2 N–H and O–H groups in total. The minimum atomic E-state index is -0.401. The van der Waals surface area contributed by atoms with Gasteiger partial charge in [0.15, 0.2) is 5.96 Å². The number of non-ortho nitro benzene ring substituents is 1. The Kier molecular flexibility index (Phi) is 8.41. The van der Waals surface area contributed by atoms with Crippen LogP contribution in [0, 0.1) is 10.1 Å². The van der Waals surface area contributed by atoms with E-state index in [0.29, 0.717) is 6.54 Å². The van der Waals surface area contributed by atoms with Crippen LogP contribution in [0.4, 0.5) is 5.69 Å². The van der Waals surface area contributed by atoms with Crippen molar-refractivity contribution in [3.63, 3.8) is 0 Å². The van der Waals surface area contributed by atoms with Crippen LogP contribution in [0.2, 0.25) is 0 Å². The molecule has 1 aromatic carbocycles. The third kappa shape index (κ3) is 7.10. The third-order valence-corrected chi connectivity index (χ3v) is 4.18. The molecule has 0 radical (unpaired) electrons. The van der Waals surface area contributed by atoms with Crippen LogP contribution in [0.1, 0.15) is 11.3 Å². The van der Waals surface area contributed by atoms with E-state index in [9.17, 15) is 10.1 Å². The molecule has 0 aliphatic carbocycles. The Morgan fingerprint density at radius 1 is 1.19 bits per heavy atom. The SMILES string of the molecule is CSCCNC(=NCc1ccc([N+](=O)[O-])cc1)NCCc1ccccn1. The first kappa shape index (κ1) is 19.7. The molecule has 1 heterocycles. The van der Waals surface area contributed by atoms with Crippen LogP contribution >= 0.6 is 11.8 Å². The molecule has 2 aromatic rings. The normalized spacial score (nSPS) is 11.2. The van der Waals surface area contributed by atoms with Crippen LogP contribution in [0.5, 0.6) is 0 Å². The standard InChI is InChI=1S/C18H23N5O2S/c1-26-13-12-21-18(20-11-9-16-4-2-3-10-19-16)22-14-15-5-7-17(8-6-15)23(24)25/h2-8,10H,9,11-14H2,1H3,(H2,20,21,22). The number of thioether (sulfide) groups is 1. The number of nitrogens with one attached hydrogen (secondary N) is 2. The summed E-state index contributed by atoms with van der Waals surface area (Å²) < 4.78 is 0. The molecule has 0 amide bonds. The lowest BCUT2D eigenvalue weighted by molar-refractivity contribution is -0.384. The van der Waals surface area contributed by atoms with Gasteiger partial charge in [-0.2, -0.15) is 11.8 Å². The van der Waals surface area contributed by atoms with Gasteiger partial charge >= 0.3 is 0 Å². The monoisotopic (exact) mass is 373 g/mol. The van der Waals surface area contributed by atoms with Crippen molar-refractivity contribution < 1.29 is 4.92 Å². The second-order valence-corrected chi connectivity index (χ2v) is 6.49. The third-order valence-electron chi connectivity index (χ3n) is 3.57. The highest BCUT2D eigenvalue weighted by Gasteiger charge is 2.04. The number of hydrogen-bond acceptors (Lipinski definition) is 5. The lowest BCUT2D eigenvalue weighted by atomic mass is 10.2. The summed E-state index contributed by atoms with van der Waals surface area (Å²) in [6.45, 7) is 2.00. The molecule has 0 aliphatic rings. The van der Waals surface area contributed by atoms with Crippen molar-refractivity contribution in [3.8, 4) is 0 Å². The number of nitrogens with zero attached hydrogens (tertiary/aromatic N) is 3. The predicted octanol–water partition coefficient (Wildman–Crippen LogP) is 2.63. The van der Waals surface area contributed by atoms with Gasteiger partial charge in [0.25, 0.3) is 5.69 Å². The summed E-state index contributed by atoms with van der Waals surface area (Å²) in [4.78, 5) is 19.2. The highest BCUT2D eigenvalue weighted by atomic mass is 32.2. The van der Waals surface area contributed by atoms with Crippen molar-refractivity contribution in [2.24, 2.45) is 4.99 Å². The van der Waals surface area contributed by atoms with Gasteiger partial charge in [-0.05, 0) is 24.0 Å². The zero-order valence-corrected chi connectivity index (χ0v) is 15.5. The van der Waals surface area contributed by atoms with E-state index < -0.39 is 4.92 Å². The number of hydrogen-bond donors (Lipinski definition) is 2. The summed E-state index contributed by atoms with van der Waals surface area (Å²) >= 11 is 1.76. The smallest absolute Gasteiger partial charge is 0.269 e. The number of benzene rings is 1. The maximum absolute atomic E-state index is 10.7. The van der Waals surface area contributed by atoms with Crippen LogP contribution in [-0.4, -0.2) is 41.0 Å². The van der Waals surface area contributed by atoms with E-state index >= 15 is 0 Å². The number of nitro groups is 1. The molecule has 7 nitrogen and oxygen atoms in total. The minimum Gasteiger partial charge on any atom is -0.356 e. The van der Waals surface area contributed by atoms with E-state index in [1.165, 1.54) is 12.1 Å². The average Bonchev–Trinajstić information content (AvgIpc) is 2.67. The molecule has 2 rings (SSSR count). The molecule has 0 fully saturated rings. The molecular weight excluding hydrogens is 350 g/mol. The molecule has 0 unspecified atom stereocenters. The van der Waals surface area contributed by atoms with Gasteiger partial charge in [-0.15, -0.1) is 0 Å². The molecule has 138 valence electrons. The van der Waals surface area contributed by atoms with Crippen LogP contribution in [-0.2, 0) is 13.0 Å². The Balaban J connectivity index is 1.91. The summed E-state index contributed by atoms with van der Waals surface area (Å²) in [6.07, 6.45) is 4.65. The second-order valence-electron chi connectivity index (χ2n) is 5.51. The first-order chi connectivity index (χ1) is 12.7. The second kappa shape index (κ2) is 11.1. The molecular formula is C18H23N5O2S. The number of aliphatic imine (C=N–C) groups is 1. The fourth-order valence-electron chi connectivity index (χ4n) is 2.19. The summed E-state index contributed by atoms with van der Waals surface area (Å²) in [7, 11) is 0. The Morgan fingerprint density at radius 2 is 1.96 bits per heavy atom. The van der Waals surface area contributed by atoms with E-state index in [4.69, 9.17) is 0 Å². The summed E-state index contributed by atoms with van der Waals surface area (Å²) in [5, 5.41) is 17.3. The molecule has 0 saturated carbocycles. The first-order valence-electron chi connectivity index (χ1n) is 8.33. The quantitative estimate of drug-likeness (QED) is 0.231. The minimum absolute atomic E-state index is 0.0875. The zero-order chi connectivity index (χ0) is 18.6. The summed E-state index contributed by atoms with van der Waals surface area (Å²) in [5.74, 6) is 1.71. The van der Waals surface area contributed by atoms with Crippen molar-refractivity contribution in [3.05, 3.63) is 70.0 Å². The summed E-state index contributed by atoms with van der Waals surface area (Å²) in [5.41, 5.74) is 2.04. The molecule has 26 heavy (non-hydrogen) atoms. The molecule has 1 aromatic heterocycles. The maximum Gasteiger partial charge on any atom is 0.269 e. The van der Waals surface area contributed by atoms with Gasteiger partial charge in [-0.1, -0.05) is 18.2 Å². The van der Waals surface area contributed by atoms with Crippen LogP contribution in [0.3, 0.4) is 0 Å². The number of pyridine rings is 1. The van der Waals surface area contributed by atoms with Crippen molar-refractivity contribution in [2.75, 3.05) is 25.1 Å². The van der Waals surface area contributed by atoms with E-state index in [1.807, 2.05) is 18.2 Å². The Morgan fingerprint density at radius 3 is 2.62 bits per heavy atom. The van der Waals surface area contributed by atoms with Gasteiger partial charge in [0.2, 0.25) is 0 Å². The van der Waals surface area contributed by atoms with Crippen LogP contribution in [0.25, 0.3) is 0 Å². The Labute approximate surface area is 157 Å². The van der Waals surface area contributed by atoms with Gasteiger partial charge in [0.05, 0.1) is 11.5 Å². The topological polar surface area (TPSA) is 92.5 Å². The lowest BCUT2D eigenvalue weighted by Crippen LogP contribution is -2.39. The van der Waals surface area contributed by atoms with Crippen molar-refractivity contribution in [2.45, 2.75) is 13.0 Å². The first-order valence-corrected chi connectivity index (χ1v) is 9.73. The number of nitro benzene ring substituents is 1. The van der Waals surface area contributed by atoms with E-state index in [0.717, 1.165) is 42.5 Å². The number of aromatic nitrogens is 1. The van der Waals surface area contributed by atoms with E-state index in [2.05, 4.69) is 26.9 Å². The molecule has 0 bridgehead atoms. The highest BCUT2D eigenvalue weighted by molar-refractivity contribution is 7.98. The van der Waals surface area contributed by atoms with Gasteiger partial charge in [-0.3, -0.25) is 15.1 Å². The zero-order valence-electron chi connectivity index (χ0n) is 14.7. The van der Waals surface area contributed by atoms with Gasteiger partial charge in [0.1, 0.15) is 0 Å². The molecule has 0 atom stereocenters. The van der Waals surface area contributed by atoms with Crippen molar-refractivity contribution >= 4 is 23.4 Å². The Bertz CT molecular complexity index is 707. The average molecular weight is 373 g/mol. The lowest BCUT2D eigenvalue weighted by Gasteiger charge is -2.12. The molecule has 8 heteroatoms. The van der Waals surface area contributed by atoms with Crippen LogP contribution in [0.15, 0.2) is 53.7 Å². The molecule has 0 spiro atoms. The molecule has 0 aliphatic heterocycles. The number of rotatable bonds is 9. The van der Waals surface area contributed by atoms with E-state index in [-0.39, 0.29) is 5.69 Å². The highest BCUT2D eigenvalue weighted by Crippen LogP contribution is 2.12. The van der Waals surface area contributed by atoms with Crippen molar-refractivity contribution in [1.82, 2.24) is 15.6 Å². The predicted molar refractivity (Wildman–Crippen MR) is 107 cm³/mol. The Hall–Kier alpha value is -2.61. The van der Waals surface area contributed by atoms with E-state index in [1.54, 1.807) is 30.1 Å². The largest absolute Gasteiger partial charge is 0.356 e. The van der Waals surface area contributed by atoms with Crippen molar-refractivity contribution in [1.29, 1.82) is 0 Å². The van der Waals surface area contributed by atoms with Gasteiger partial charge in [0, 0.05) is 49.3 Å². The van der Waals surface area contributed by atoms with Gasteiger partial charge in [-0.25, -0.2) is 4.99 Å². The fraction of sp³-hybridized carbons (Fsp3) is 0.333. The number of guanidine groups is 1. The molecule has 0 saturated heterocycles. The summed E-state index contributed by atoms with van der Waals surface area (Å²) in [6, 6.07) is 12.3. The van der Waals surface area contributed by atoms with Gasteiger partial charge < -0.3 is 10.6 Å². The fourth-order valence-corrected chi connectivity index (χ4v) is 2.50.